The average Bonchev–Trinajstić information content (AvgIpc) is 2.34. The van der Waals surface area contributed by atoms with E-state index in [1.165, 1.54) is 0 Å². The van der Waals surface area contributed by atoms with Crippen molar-refractivity contribution in [3.05, 3.63) is 47.3 Å². The van der Waals surface area contributed by atoms with E-state index in [1.807, 2.05) is 37.3 Å². The number of thiol groups is 1. The Bertz CT molecular complexity index is 517. The highest BCUT2D eigenvalue weighted by molar-refractivity contribution is 7.80. The van der Waals surface area contributed by atoms with Crippen molar-refractivity contribution in [2.75, 3.05) is 11.5 Å². The van der Waals surface area contributed by atoms with Crippen molar-refractivity contribution in [3.63, 3.8) is 0 Å². The summed E-state index contributed by atoms with van der Waals surface area (Å²) < 4.78 is 0. The summed E-state index contributed by atoms with van der Waals surface area (Å²) >= 11 is 4.28. The van der Waals surface area contributed by atoms with Gasteiger partial charge in [-0.25, -0.2) is 9.97 Å². The van der Waals surface area contributed by atoms with Gasteiger partial charge < -0.3 is 11.5 Å². The number of benzene rings is 1. The Kier molecular flexibility index (Phi) is 3.72. The van der Waals surface area contributed by atoms with E-state index in [0.717, 1.165) is 11.1 Å². The van der Waals surface area contributed by atoms with Crippen LogP contribution in [0.15, 0.2) is 30.3 Å². The zero-order valence-electron chi connectivity index (χ0n) is 10.2. The predicted octanol–water partition coefficient (Wildman–Crippen LogP) is 2.22. The molecule has 0 amide bonds. The SMILES string of the molecule is CC(S)c1nc(N)c(Cc2ccccc2)c(N)n1. The molecule has 5 heteroatoms. The van der Waals surface area contributed by atoms with Gasteiger partial charge in [-0.2, -0.15) is 12.6 Å². The molecule has 1 atom stereocenters. The van der Waals surface area contributed by atoms with Crippen molar-refractivity contribution in [3.8, 4) is 0 Å². The van der Waals surface area contributed by atoms with Gasteiger partial charge in [-0.1, -0.05) is 30.3 Å². The van der Waals surface area contributed by atoms with Crippen LogP contribution in [0.1, 0.15) is 29.1 Å². The smallest absolute Gasteiger partial charge is 0.145 e. The predicted molar refractivity (Wildman–Crippen MR) is 77.5 cm³/mol. The number of nitrogen functional groups attached to an aromatic ring is 2. The molecule has 18 heavy (non-hydrogen) atoms. The summed E-state index contributed by atoms with van der Waals surface area (Å²) in [6.07, 6.45) is 0.639. The molecule has 0 radical (unpaired) electrons. The molecule has 0 aliphatic carbocycles. The van der Waals surface area contributed by atoms with Crippen molar-refractivity contribution in [1.82, 2.24) is 9.97 Å². The highest BCUT2D eigenvalue weighted by Gasteiger charge is 2.12. The number of nitrogens with two attached hydrogens (primary N) is 2. The fraction of sp³-hybridized carbons (Fsp3) is 0.231. The van der Waals surface area contributed by atoms with E-state index in [0.29, 0.717) is 23.9 Å². The molecule has 0 aliphatic heterocycles. The van der Waals surface area contributed by atoms with Gasteiger partial charge in [0.2, 0.25) is 0 Å². The second-order valence-corrected chi connectivity index (χ2v) is 4.94. The molecule has 0 bridgehead atoms. The standard InChI is InChI=1S/C13H16N4S/c1-8(18)13-16-11(14)10(12(15)17-13)7-9-5-3-2-4-6-9/h2-6,8,18H,7H2,1H3,(H4,14,15,16,17). The maximum absolute atomic E-state index is 5.94. The van der Waals surface area contributed by atoms with Crippen LogP contribution in [0.4, 0.5) is 11.6 Å². The minimum absolute atomic E-state index is 0.0830. The first-order valence-corrected chi connectivity index (χ1v) is 6.23. The van der Waals surface area contributed by atoms with Crippen molar-refractivity contribution in [2.45, 2.75) is 18.6 Å². The van der Waals surface area contributed by atoms with Crippen LogP contribution in [-0.2, 0) is 6.42 Å². The molecule has 1 aromatic carbocycles. The van der Waals surface area contributed by atoms with E-state index in [9.17, 15) is 0 Å². The van der Waals surface area contributed by atoms with Gasteiger partial charge in [0.25, 0.3) is 0 Å². The quantitative estimate of drug-likeness (QED) is 0.739. The maximum Gasteiger partial charge on any atom is 0.145 e. The Morgan fingerprint density at radius 3 is 2.17 bits per heavy atom. The molecule has 0 spiro atoms. The lowest BCUT2D eigenvalue weighted by molar-refractivity contribution is 0.920. The van der Waals surface area contributed by atoms with Crippen molar-refractivity contribution in [1.29, 1.82) is 0 Å². The van der Waals surface area contributed by atoms with Crippen molar-refractivity contribution < 1.29 is 0 Å². The third-order valence-corrected chi connectivity index (χ3v) is 2.92. The fourth-order valence-corrected chi connectivity index (χ4v) is 1.82. The van der Waals surface area contributed by atoms with E-state index in [2.05, 4.69) is 22.6 Å². The van der Waals surface area contributed by atoms with Crippen LogP contribution in [-0.4, -0.2) is 9.97 Å². The molecule has 0 fully saturated rings. The summed E-state index contributed by atoms with van der Waals surface area (Å²) in [6.45, 7) is 1.88. The molecule has 2 aromatic rings. The lowest BCUT2D eigenvalue weighted by atomic mass is 10.1. The van der Waals surface area contributed by atoms with Gasteiger partial charge in [0.05, 0.1) is 5.25 Å². The van der Waals surface area contributed by atoms with Crippen molar-refractivity contribution in [2.24, 2.45) is 0 Å². The molecular formula is C13H16N4S. The number of anilines is 2. The lowest BCUT2D eigenvalue weighted by Crippen LogP contribution is -2.10. The number of rotatable bonds is 3. The number of aromatic nitrogens is 2. The van der Waals surface area contributed by atoms with E-state index in [-0.39, 0.29) is 5.25 Å². The molecule has 4 nitrogen and oxygen atoms in total. The highest BCUT2D eigenvalue weighted by Crippen LogP contribution is 2.23. The molecule has 1 heterocycles. The van der Waals surface area contributed by atoms with Crippen LogP contribution < -0.4 is 11.5 Å². The summed E-state index contributed by atoms with van der Waals surface area (Å²) in [5.74, 6) is 1.43. The van der Waals surface area contributed by atoms with Crippen LogP contribution in [0.5, 0.6) is 0 Å². The normalized spacial score (nSPS) is 12.3. The largest absolute Gasteiger partial charge is 0.383 e. The molecule has 1 unspecified atom stereocenters. The molecule has 0 saturated heterocycles. The molecule has 2 rings (SSSR count). The van der Waals surface area contributed by atoms with Gasteiger partial charge in [0, 0.05) is 12.0 Å². The Labute approximate surface area is 112 Å². The first kappa shape index (κ1) is 12.7. The number of hydrogen-bond donors (Lipinski definition) is 3. The fourth-order valence-electron chi connectivity index (χ4n) is 1.71. The second kappa shape index (κ2) is 5.27. The minimum Gasteiger partial charge on any atom is -0.383 e. The topological polar surface area (TPSA) is 77.8 Å². The van der Waals surface area contributed by atoms with E-state index >= 15 is 0 Å². The lowest BCUT2D eigenvalue weighted by Gasteiger charge is -2.11. The van der Waals surface area contributed by atoms with Gasteiger partial charge in [-0.3, -0.25) is 0 Å². The number of hydrogen-bond acceptors (Lipinski definition) is 5. The van der Waals surface area contributed by atoms with Gasteiger partial charge in [-0.05, 0) is 12.5 Å². The molecule has 4 N–H and O–H groups in total. The zero-order chi connectivity index (χ0) is 13.1. The van der Waals surface area contributed by atoms with Gasteiger partial charge >= 0.3 is 0 Å². The average molecular weight is 260 g/mol. The highest BCUT2D eigenvalue weighted by atomic mass is 32.1. The van der Waals surface area contributed by atoms with Gasteiger partial charge in [-0.15, -0.1) is 0 Å². The third-order valence-electron chi connectivity index (χ3n) is 2.69. The summed E-state index contributed by atoms with van der Waals surface area (Å²) in [5.41, 5.74) is 13.8. The summed E-state index contributed by atoms with van der Waals surface area (Å²) in [5, 5.41) is -0.0830. The Hall–Kier alpha value is -1.75. The summed E-state index contributed by atoms with van der Waals surface area (Å²) in [7, 11) is 0. The third kappa shape index (κ3) is 2.73. The van der Waals surface area contributed by atoms with E-state index < -0.39 is 0 Å². The van der Waals surface area contributed by atoms with E-state index in [4.69, 9.17) is 11.5 Å². The molecule has 0 aliphatic rings. The first-order valence-electron chi connectivity index (χ1n) is 5.71. The molecule has 94 valence electrons. The van der Waals surface area contributed by atoms with Crippen LogP contribution in [0.25, 0.3) is 0 Å². The number of nitrogens with zero attached hydrogens (tertiary/aromatic N) is 2. The molecule has 0 saturated carbocycles. The molecule has 1 aromatic heterocycles. The maximum atomic E-state index is 5.94. The Morgan fingerprint density at radius 1 is 1.11 bits per heavy atom. The Balaban J connectivity index is 2.34. The first-order chi connectivity index (χ1) is 8.58. The monoisotopic (exact) mass is 260 g/mol. The molecular weight excluding hydrogens is 244 g/mol. The second-order valence-electron chi connectivity index (χ2n) is 4.17. The van der Waals surface area contributed by atoms with Crippen molar-refractivity contribution >= 4 is 24.3 Å². The van der Waals surface area contributed by atoms with Crippen LogP contribution in [0.2, 0.25) is 0 Å². The van der Waals surface area contributed by atoms with E-state index in [1.54, 1.807) is 0 Å². The Morgan fingerprint density at radius 2 is 1.67 bits per heavy atom. The zero-order valence-corrected chi connectivity index (χ0v) is 11.1. The van der Waals surface area contributed by atoms with Gasteiger partial charge in [0.15, 0.2) is 0 Å². The van der Waals surface area contributed by atoms with Crippen LogP contribution >= 0.6 is 12.6 Å². The van der Waals surface area contributed by atoms with Crippen LogP contribution in [0.3, 0.4) is 0 Å². The summed E-state index contributed by atoms with van der Waals surface area (Å²) in [4.78, 5) is 8.48. The summed E-state index contributed by atoms with van der Waals surface area (Å²) in [6, 6.07) is 9.97. The van der Waals surface area contributed by atoms with Gasteiger partial charge in [0.1, 0.15) is 17.5 Å². The van der Waals surface area contributed by atoms with Crippen LogP contribution in [0, 0.1) is 0 Å². The minimum atomic E-state index is -0.0830.